The Morgan fingerprint density at radius 1 is 1.23 bits per heavy atom. The number of aliphatic hydroxyl groups excluding tert-OH is 1. The van der Waals surface area contributed by atoms with Gasteiger partial charge in [-0.15, -0.1) is 0 Å². The van der Waals surface area contributed by atoms with E-state index in [2.05, 4.69) is 10.3 Å². The fourth-order valence-corrected chi connectivity index (χ4v) is 2.25. The minimum atomic E-state index is -0.490. The summed E-state index contributed by atoms with van der Waals surface area (Å²) in [6, 6.07) is 3.23. The molecule has 0 bridgehead atoms. The molecule has 3 N–H and O–H groups in total. The van der Waals surface area contributed by atoms with Crippen LogP contribution >= 0.6 is 0 Å². The number of ether oxygens (including phenoxy) is 2. The van der Waals surface area contributed by atoms with E-state index in [9.17, 15) is 9.59 Å². The molecule has 8 nitrogen and oxygen atoms in total. The summed E-state index contributed by atoms with van der Waals surface area (Å²) in [5, 5.41) is 11.9. The summed E-state index contributed by atoms with van der Waals surface area (Å²) in [6.07, 6.45) is 0. The van der Waals surface area contributed by atoms with Gasteiger partial charge in [-0.1, -0.05) is 0 Å². The van der Waals surface area contributed by atoms with Gasteiger partial charge in [-0.05, 0) is 12.1 Å². The maximum absolute atomic E-state index is 12.6. The normalized spacial score (nSPS) is 10.9. The summed E-state index contributed by atoms with van der Waals surface area (Å²) in [5.41, 5.74) is -0.539. The predicted molar refractivity (Wildman–Crippen MR) is 81.9 cm³/mol. The molecular formula is C14H19N3O5. The second-order valence-corrected chi connectivity index (χ2v) is 4.58. The Hall–Kier alpha value is -2.32. The van der Waals surface area contributed by atoms with Crippen molar-refractivity contribution >= 4 is 10.9 Å². The Balaban J connectivity index is 2.54. The van der Waals surface area contributed by atoms with Crippen molar-refractivity contribution in [1.29, 1.82) is 0 Å². The van der Waals surface area contributed by atoms with Crippen LogP contribution < -0.4 is 26.0 Å². The Kier molecular flexibility index (Phi) is 5.18. The average Bonchev–Trinajstić information content (AvgIpc) is 2.52. The van der Waals surface area contributed by atoms with Crippen molar-refractivity contribution in [1.82, 2.24) is 14.9 Å². The zero-order valence-corrected chi connectivity index (χ0v) is 12.5. The molecule has 0 aliphatic rings. The van der Waals surface area contributed by atoms with E-state index in [1.807, 2.05) is 0 Å². The molecule has 0 aliphatic carbocycles. The first-order valence-electron chi connectivity index (χ1n) is 6.83. The first-order chi connectivity index (χ1) is 10.6. The maximum Gasteiger partial charge on any atom is 0.328 e. The number of aliphatic hydroxyl groups is 1. The highest BCUT2D eigenvalue weighted by molar-refractivity contribution is 5.86. The molecule has 120 valence electrons. The van der Waals surface area contributed by atoms with Crippen LogP contribution in [0, 0.1) is 0 Å². The third-order valence-electron chi connectivity index (χ3n) is 3.29. The third kappa shape index (κ3) is 2.97. The molecule has 1 aromatic heterocycles. The molecule has 0 saturated carbocycles. The second-order valence-electron chi connectivity index (χ2n) is 4.58. The molecule has 2 aromatic rings. The van der Waals surface area contributed by atoms with E-state index in [4.69, 9.17) is 14.6 Å². The number of hydrogen-bond acceptors (Lipinski definition) is 6. The molecule has 8 heteroatoms. The monoisotopic (exact) mass is 309 g/mol. The smallest absolute Gasteiger partial charge is 0.328 e. The van der Waals surface area contributed by atoms with Crippen molar-refractivity contribution in [2.45, 2.75) is 6.54 Å². The van der Waals surface area contributed by atoms with Gasteiger partial charge in [-0.3, -0.25) is 9.36 Å². The van der Waals surface area contributed by atoms with Gasteiger partial charge in [0.2, 0.25) is 0 Å². The topological polar surface area (TPSA) is 106 Å². The highest BCUT2D eigenvalue weighted by atomic mass is 16.5. The van der Waals surface area contributed by atoms with Crippen LogP contribution in [0.15, 0.2) is 21.7 Å². The van der Waals surface area contributed by atoms with Gasteiger partial charge in [0.05, 0.1) is 26.3 Å². The quantitative estimate of drug-likeness (QED) is 0.584. The number of methoxy groups -OCH3 is 2. The van der Waals surface area contributed by atoms with Crippen LogP contribution in [0.4, 0.5) is 0 Å². The van der Waals surface area contributed by atoms with Crippen molar-refractivity contribution in [3.8, 4) is 11.5 Å². The van der Waals surface area contributed by atoms with Crippen molar-refractivity contribution in [3.05, 3.63) is 33.0 Å². The molecule has 0 fully saturated rings. The van der Waals surface area contributed by atoms with Gasteiger partial charge in [-0.25, -0.2) is 4.79 Å². The lowest BCUT2D eigenvalue weighted by Crippen LogP contribution is -2.38. The van der Waals surface area contributed by atoms with Gasteiger partial charge in [0, 0.05) is 19.6 Å². The number of rotatable bonds is 7. The molecule has 0 unspecified atom stereocenters. The molecule has 1 heterocycles. The second kappa shape index (κ2) is 7.10. The van der Waals surface area contributed by atoms with Crippen molar-refractivity contribution < 1.29 is 14.6 Å². The largest absolute Gasteiger partial charge is 0.493 e. The summed E-state index contributed by atoms with van der Waals surface area (Å²) in [4.78, 5) is 27.3. The van der Waals surface area contributed by atoms with E-state index in [0.29, 0.717) is 30.1 Å². The minimum absolute atomic E-state index is 0.00595. The van der Waals surface area contributed by atoms with Crippen LogP contribution in [0.5, 0.6) is 11.5 Å². The van der Waals surface area contributed by atoms with Crippen LogP contribution in [-0.2, 0) is 6.54 Å². The average molecular weight is 309 g/mol. The lowest BCUT2D eigenvalue weighted by atomic mass is 10.2. The highest BCUT2D eigenvalue weighted by Gasteiger charge is 2.16. The fourth-order valence-electron chi connectivity index (χ4n) is 2.25. The molecule has 0 amide bonds. The van der Waals surface area contributed by atoms with Crippen LogP contribution in [0.1, 0.15) is 0 Å². The van der Waals surface area contributed by atoms with Crippen LogP contribution in [0.3, 0.4) is 0 Å². The molecule has 0 radical (unpaired) electrons. The molecular weight excluding hydrogens is 290 g/mol. The zero-order chi connectivity index (χ0) is 16.1. The molecule has 1 aromatic carbocycles. The Bertz CT molecular complexity index is 765. The van der Waals surface area contributed by atoms with Gasteiger partial charge in [0.15, 0.2) is 11.5 Å². The van der Waals surface area contributed by atoms with Gasteiger partial charge in [-0.2, -0.15) is 0 Å². The van der Waals surface area contributed by atoms with Crippen molar-refractivity contribution in [3.63, 3.8) is 0 Å². The molecule has 22 heavy (non-hydrogen) atoms. The van der Waals surface area contributed by atoms with Crippen molar-refractivity contribution in [2.75, 3.05) is 33.9 Å². The van der Waals surface area contributed by atoms with E-state index >= 15 is 0 Å². The molecule has 2 rings (SSSR count). The van der Waals surface area contributed by atoms with E-state index < -0.39 is 11.2 Å². The Morgan fingerprint density at radius 3 is 2.64 bits per heavy atom. The lowest BCUT2D eigenvalue weighted by molar-refractivity contribution is 0.291. The minimum Gasteiger partial charge on any atom is -0.493 e. The molecule has 0 spiro atoms. The van der Waals surface area contributed by atoms with Gasteiger partial charge in [0.1, 0.15) is 5.39 Å². The first kappa shape index (κ1) is 16.1. The predicted octanol–water partition coefficient (Wildman–Crippen LogP) is -0.711. The van der Waals surface area contributed by atoms with Gasteiger partial charge < -0.3 is 24.9 Å². The number of aromatic amines is 1. The maximum atomic E-state index is 12.6. The molecule has 0 saturated heterocycles. The number of fused-ring (bicyclic) bond motifs is 1. The third-order valence-corrected chi connectivity index (χ3v) is 3.29. The summed E-state index contributed by atoms with van der Waals surface area (Å²) in [6.45, 7) is 0.969. The molecule has 0 aliphatic heterocycles. The summed E-state index contributed by atoms with van der Waals surface area (Å²) in [5.74, 6) is 0.711. The number of H-pyrrole nitrogens is 1. The van der Waals surface area contributed by atoms with Crippen LogP contribution in [0.2, 0.25) is 0 Å². The fraction of sp³-hybridized carbons (Fsp3) is 0.429. The van der Waals surface area contributed by atoms with E-state index in [1.165, 1.54) is 14.2 Å². The zero-order valence-electron chi connectivity index (χ0n) is 12.5. The van der Waals surface area contributed by atoms with E-state index in [-0.39, 0.29) is 18.5 Å². The number of nitrogens with zero attached hydrogens (tertiary/aromatic N) is 1. The lowest BCUT2D eigenvalue weighted by Gasteiger charge is -2.12. The highest BCUT2D eigenvalue weighted by Crippen LogP contribution is 2.31. The number of aromatic nitrogens is 2. The SMILES string of the molecule is COc1ccc2[nH]c(=O)n(CCNCCO)c(=O)c2c1OC. The Morgan fingerprint density at radius 2 is 2.00 bits per heavy atom. The molecule has 0 atom stereocenters. The van der Waals surface area contributed by atoms with Gasteiger partial charge >= 0.3 is 5.69 Å². The number of nitrogens with one attached hydrogen (secondary N) is 2. The summed E-state index contributed by atoms with van der Waals surface area (Å²) in [7, 11) is 2.92. The van der Waals surface area contributed by atoms with Crippen LogP contribution in [-0.4, -0.2) is 48.6 Å². The number of benzene rings is 1. The standard InChI is InChI=1S/C14H19N3O5/c1-21-10-4-3-9-11(12(10)22-2)13(19)17(14(20)16-9)7-5-15-6-8-18/h3-4,15,18H,5-8H2,1-2H3,(H,16,20). The van der Waals surface area contributed by atoms with Gasteiger partial charge in [0.25, 0.3) is 5.56 Å². The van der Waals surface area contributed by atoms with Crippen molar-refractivity contribution in [2.24, 2.45) is 0 Å². The first-order valence-corrected chi connectivity index (χ1v) is 6.83. The van der Waals surface area contributed by atoms with E-state index in [0.717, 1.165) is 4.57 Å². The number of hydrogen-bond donors (Lipinski definition) is 3. The summed E-state index contributed by atoms with van der Waals surface area (Å²) < 4.78 is 11.5. The van der Waals surface area contributed by atoms with E-state index in [1.54, 1.807) is 12.1 Å². The van der Waals surface area contributed by atoms with Crippen LogP contribution in [0.25, 0.3) is 10.9 Å². The Labute approximate surface area is 126 Å². The summed E-state index contributed by atoms with van der Waals surface area (Å²) >= 11 is 0.